The van der Waals surface area contributed by atoms with Crippen LogP contribution in [-0.4, -0.2) is 54.1 Å². The van der Waals surface area contributed by atoms with Gasteiger partial charge in [-0.15, -0.1) is 5.10 Å². The first-order chi connectivity index (χ1) is 17.3. The Hall–Kier alpha value is -1.75. The normalized spacial score (nSPS) is 22.2. The van der Waals surface area contributed by atoms with Gasteiger partial charge in [-0.1, -0.05) is 54.7 Å². The van der Waals surface area contributed by atoms with E-state index in [0.29, 0.717) is 17.9 Å². The summed E-state index contributed by atoms with van der Waals surface area (Å²) in [5, 5.41) is 19.1. The van der Waals surface area contributed by atoms with Gasteiger partial charge in [0, 0.05) is 29.3 Å². The third-order valence-electron chi connectivity index (χ3n) is 7.80. The van der Waals surface area contributed by atoms with Gasteiger partial charge in [-0.25, -0.2) is 0 Å². The van der Waals surface area contributed by atoms with E-state index in [9.17, 15) is 5.11 Å². The van der Waals surface area contributed by atoms with Crippen LogP contribution < -0.4 is 9.92 Å². The van der Waals surface area contributed by atoms with E-state index in [1.165, 1.54) is 14.3 Å². The van der Waals surface area contributed by atoms with Gasteiger partial charge in [0.1, 0.15) is 5.75 Å². The summed E-state index contributed by atoms with van der Waals surface area (Å²) in [6.07, 6.45) is 5.88. The predicted octanol–water partition coefficient (Wildman–Crippen LogP) is 4.84. The number of nitrogens with zero attached hydrogens (tertiary/aromatic N) is 3. The molecule has 8 heteroatoms. The molecule has 1 aliphatic heterocycles. The predicted molar refractivity (Wildman–Crippen MR) is 155 cm³/mol. The number of hydrogen-bond acceptors (Lipinski definition) is 5. The van der Waals surface area contributed by atoms with E-state index in [1.54, 1.807) is 7.11 Å². The smallest absolute Gasteiger partial charge is 0.118 e. The van der Waals surface area contributed by atoms with Gasteiger partial charge in [0.15, 0.2) is 0 Å². The van der Waals surface area contributed by atoms with Crippen molar-refractivity contribution in [3.63, 3.8) is 0 Å². The van der Waals surface area contributed by atoms with Gasteiger partial charge < -0.3 is 14.6 Å². The van der Waals surface area contributed by atoms with Crippen LogP contribution in [0.3, 0.4) is 0 Å². The molecule has 0 spiro atoms. The molecule has 6 nitrogen and oxygen atoms in total. The summed E-state index contributed by atoms with van der Waals surface area (Å²) in [4.78, 5) is 0. The lowest BCUT2D eigenvalue weighted by atomic mass is 9.95. The monoisotopic (exact) mass is 619 g/mol. The van der Waals surface area contributed by atoms with Crippen molar-refractivity contribution in [2.45, 2.75) is 70.0 Å². The van der Waals surface area contributed by atoms with Crippen molar-refractivity contribution in [1.29, 1.82) is 0 Å². The molecule has 4 rings (SSSR count). The van der Waals surface area contributed by atoms with Crippen molar-refractivity contribution >= 4 is 35.9 Å². The average Bonchev–Trinajstić information content (AvgIpc) is 3.46. The highest BCUT2D eigenvalue weighted by Crippen LogP contribution is 2.46. The molecule has 0 unspecified atom stereocenters. The second kappa shape index (κ2) is 12.2. The molecule has 2 aromatic carbocycles. The van der Waals surface area contributed by atoms with Crippen LogP contribution in [-0.2, 0) is 24.1 Å². The van der Waals surface area contributed by atoms with Crippen molar-refractivity contribution < 1.29 is 14.6 Å². The van der Waals surface area contributed by atoms with Crippen LogP contribution in [0.25, 0.3) is 0 Å². The molecule has 3 aromatic rings. The number of halogens is 1. The third kappa shape index (κ3) is 6.38. The Kier molecular flexibility index (Phi) is 9.24. The minimum Gasteiger partial charge on any atom is -0.497 e. The molecule has 2 heterocycles. The number of aliphatic hydroxyl groups is 1. The number of hydrogen-bond donors (Lipinski definition) is 1. The van der Waals surface area contributed by atoms with Crippen molar-refractivity contribution in [2.75, 3.05) is 13.7 Å². The van der Waals surface area contributed by atoms with E-state index in [0.717, 1.165) is 37.3 Å². The molecule has 1 saturated heterocycles. The van der Waals surface area contributed by atoms with Crippen LogP contribution in [0, 0.1) is 9.49 Å². The quantitative estimate of drug-likeness (QED) is 0.246. The number of aliphatic hydroxyl groups excluding tert-OH is 1. The van der Waals surface area contributed by atoms with E-state index in [2.05, 4.69) is 101 Å². The van der Waals surface area contributed by atoms with Crippen molar-refractivity contribution in [3.8, 4) is 5.75 Å². The van der Waals surface area contributed by atoms with Gasteiger partial charge in [-0.2, -0.15) is 0 Å². The van der Waals surface area contributed by atoms with Gasteiger partial charge in [0.25, 0.3) is 0 Å². The van der Waals surface area contributed by atoms with E-state index in [1.807, 2.05) is 10.9 Å². The number of aryl methyl sites for hydroxylation is 2. The van der Waals surface area contributed by atoms with E-state index >= 15 is 0 Å². The highest BCUT2D eigenvalue weighted by molar-refractivity contribution is 14.1. The van der Waals surface area contributed by atoms with Gasteiger partial charge in [-0.05, 0) is 83.1 Å². The first kappa shape index (κ1) is 27.3. The molecule has 1 N–H and O–H groups in total. The minimum atomic E-state index is -1.87. The molecule has 4 atom stereocenters. The van der Waals surface area contributed by atoms with Crippen LogP contribution in [0.15, 0.2) is 54.7 Å². The lowest BCUT2D eigenvalue weighted by Gasteiger charge is -2.36. The van der Waals surface area contributed by atoms with Crippen molar-refractivity contribution in [3.05, 3.63) is 69.6 Å². The molecular formula is C28H38IN3O3Si. The number of benzene rings is 2. The van der Waals surface area contributed by atoms with Crippen LogP contribution in [0.5, 0.6) is 5.75 Å². The van der Waals surface area contributed by atoms with E-state index < -0.39 is 8.07 Å². The summed E-state index contributed by atoms with van der Waals surface area (Å²) < 4.78 is 15.4. The molecule has 0 aliphatic carbocycles. The lowest BCUT2D eigenvalue weighted by Crippen LogP contribution is -2.50. The van der Waals surface area contributed by atoms with Crippen LogP contribution in [0.1, 0.15) is 31.0 Å². The summed E-state index contributed by atoms with van der Waals surface area (Å²) in [6, 6.07) is 17.5. The number of rotatable bonds is 11. The molecule has 1 fully saturated rings. The molecule has 0 bridgehead atoms. The Labute approximate surface area is 229 Å². The average molecular weight is 620 g/mol. The molecule has 0 amide bonds. The highest BCUT2D eigenvalue weighted by atomic mass is 127. The van der Waals surface area contributed by atoms with Gasteiger partial charge in [-0.3, -0.25) is 4.68 Å². The van der Waals surface area contributed by atoms with Crippen LogP contribution >= 0.6 is 22.6 Å². The Balaban J connectivity index is 1.52. The molecule has 194 valence electrons. The topological polar surface area (TPSA) is 69.4 Å². The van der Waals surface area contributed by atoms with Gasteiger partial charge >= 0.3 is 0 Å². The van der Waals surface area contributed by atoms with Crippen LogP contribution in [0.4, 0.5) is 0 Å². The summed E-state index contributed by atoms with van der Waals surface area (Å²) >= 11 is 2.36. The van der Waals surface area contributed by atoms with Gasteiger partial charge in [0.2, 0.25) is 0 Å². The van der Waals surface area contributed by atoms with Crippen molar-refractivity contribution in [2.24, 2.45) is 5.92 Å². The van der Waals surface area contributed by atoms with Crippen LogP contribution in [0.2, 0.25) is 18.6 Å². The maximum atomic E-state index is 9.20. The Bertz CT molecular complexity index is 1100. The molecule has 36 heavy (non-hydrogen) atoms. The maximum absolute atomic E-state index is 9.20. The largest absolute Gasteiger partial charge is 0.497 e. The fourth-order valence-electron chi connectivity index (χ4n) is 5.81. The molecule has 1 aliphatic rings. The first-order valence-corrected chi connectivity index (χ1v) is 17.0. The van der Waals surface area contributed by atoms with Crippen molar-refractivity contribution in [1.82, 2.24) is 15.0 Å². The number of ether oxygens (including phenoxy) is 2. The standard InChI is InChI=1S/C28H38IN3O3Si/c1-20-26(14-7-21-5-8-22(29)9-6-21)35-27(15-17-32-19-23(16-18-33)30-31-32)28(20)36(3,4)25-12-10-24(34-2)11-13-25/h5-6,8-13,19-20,26-28,33H,7,14-18H2,1-4H3/t20-,26+,27-,28+/m0/s1. The summed E-state index contributed by atoms with van der Waals surface area (Å²) in [7, 11) is -0.154. The van der Waals surface area contributed by atoms with Gasteiger partial charge in [0.05, 0.1) is 33.1 Å². The molecule has 0 saturated carbocycles. The molecule has 1 aromatic heterocycles. The third-order valence-corrected chi connectivity index (χ3v) is 12.9. The zero-order valence-corrected chi connectivity index (χ0v) is 24.9. The van der Waals surface area contributed by atoms with E-state index in [-0.39, 0.29) is 18.8 Å². The summed E-state index contributed by atoms with van der Waals surface area (Å²) in [6.45, 7) is 8.23. The van der Waals surface area contributed by atoms with E-state index in [4.69, 9.17) is 9.47 Å². The SMILES string of the molecule is COc1ccc([Si](C)(C)[C@@H]2[C@@H](C)[C@@H](CCc3ccc(I)cc3)O[C@H]2CCn2cc(CCO)nn2)cc1. The zero-order chi connectivity index (χ0) is 25.7. The molecular weight excluding hydrogens is 581 g/mol. The zero-order valence-electron chi connectivity index (χ0n) is 21.7. The summed E-state index contributed by atoms with van der Waals surface area (Å²) in [5.74, 6) is 1.37. The Morgan fingerprint density at radius 3 is 2.42 bits per heavy atom. The lowest BCUT2D eigenvalue weighted by molar-refractivity contribution is 0.0250. The second-order valence-corrected chi connectivity index (χ2v) is 16.4. The number of aromatic nitrogens is 3. The summed E-state index contributed by atoms with van der Waals surface area (Å²) in [5.41, 5.74) is 2.70. The fourth-order valence-corrected chi connectivity index (χ4v) is 10.3. The highest BCUT2D eigenvalue weighted by Gasteiger charge is 2.50. The Morgan fingerprint density at radius 1 is 1.03 bits per heavy atom. The fraction of sp³-hybridized carbons (Fsp3) is 0.500. The Morgan fingerprint density at radius 2 is 1.75 bits per heavy atom. The molecule has 0 radical (unpaired) electrons. The number of methoxy groups -OCH3 is 1. The minimum absolute atomic E-state index is 0.0912. The second-order valence-electron chi connectivity index (χ2n) is 10.4. The maximum Gasteiger partial charge on any atom is 0.118 e. The first-order valence-electron chi connectivity index (χ1n) is 12.9.